The van der Waals surface area contributed by atoms with Crippen LogP contribution in [0, 0.1) is 6.92 Å². The summed E-state index contributed by atoms with van der Waals surface area (Å²) < 4.78 is 0. The molecule has 1 atom stereocenters. The average molecular weight is 401 g/mol. The lowest BCUT2D eigenvalue weighted by Crippen LogP contribution is -2.68. The Labute approximate surface area is 170 Å². The van der Waals surface area contributed by atoms with Gasteiger partial charge in [-0.25, -0.2) is 0 Å². The van der Waals surface area contributed by atoms with Crippen molar-refractivity contribution >= 4 is 40.9 Å². The van der Waals surface area contributed by atoms with E-state index >= 15 is 0 Å². The molecule has 140 valence electrons. The molecule has 2 aliphatic rings. The first-order chi connectivity index (χ1) is 12.8. The SMILES string of the molecule is Cc1ccc2c(c1)C(C)(C)C1(C=Cc3cccc(Cl)c3Cl)NC(=O)CCN21. The Hall–Kier alpha value is -1.97. The van der Waals surface area contributed by atoms with E-state index in [1.165, 1.54) is 16.8 Å². The van der Waals surface area contributed by atoms with Gasteiger partial charge in [0.1, 0.15) is 5.66 Å². The lowest BCUT2D eigenvalue weighted by atomic mass is 9.74. The number of hydrogen-bond donors (Lipinski definition) is 1. The highest BCUT2D eigenvalue weighted by atomic mass is 35.5. The van der Waals surface area contributed by atoms with Crippen molar-refractivity contribution in [1.82, 2.24) is 5.32 Å². The lowest BCUT2D eigenvalue weighted by Gasteiger charge is -2.49. The van der Waals surface area contributed by atoms with Gasteiger partial charge in [0.25, 0.3) is 0 Å². The minimum Gasteiger partial charge on any atom is -0.344 e. The summed E-state index contributed by atoms with van der Waals surface area (Å²) in [5, 5.41) is 4.31. The summed E-state index contributed by atoms with van der Waals surface area (Å²) in [6.45, 7) is 7.14. The molecule has 4 rings (SSSR count). The van der Waals surface area contributed by atoms with Gasteiger partial charge in [-0.1, -0.05) is 73.0 Å². The molecule has 2 aliphatic heterocycles. The summed E-state index contributed by atoms with van der Waals surface area (Å²) in [5.74, 6) is 0.0608. The van der Waals surface area contributed by atoms with Crippen LogP contribution in [0.5, 0.6) is 0 Å². The van der Waals surface area contributed by atoms with Gasteiger partial charge in [-0.15, -0.1) is 0 Å². The quantitative estimate of drug-likeness (QED) is 0.738. The Morgan fingerprint density at radius 2 is 1.96 bits per heavy atom. The van der Waals surface area contributed by atoms with Gasteiger partial charge in [0.2, 0.25) is 5.91 Å². The van der Waals surface area contributed by atoms with Crippen molar-refractivity contribution in [3.8, 4) is 0 Å². The number of rotatable bonds is 2. The van der Waals surface area contributed by atoms with E-state index in [1.807, 2.05) is 18.2 Å². The van der Waals surface area contributed by atoms with E-state index in [9.17, 15) is 4.79 Å². The Bertz CT molecular complexity index is 967. The molecule has 1 N–H and O–H groups in total. The summed E-state index contributed by atoms with van der Waals surface area (Å²) >= 11 is 12.5. The maximum Gasteiger partial charge on any atom is 0.223 e. The number of halogens is 2. The van der Waals surface area contributed by atoms with E-state index in [0.717, 1.165) is 5.56 Å². The highest BCUT2D eigenvalue weighted by molar-refractivity contribution is 6.42. The molecule has 27 heavy (non-hydrogen) atoms. The van der Waals surface area contributed by atoms with Crippen LogP contribution in [-0.2, 0) is 10.2 Å². The first-order valence-corrected chi connectivity index (χ1v) is 9.85. The van der Waals surface area contributed by atoms with Gasteiger partial charge >= 0.3 is 0 Å². The van der Waals surface area contributed by atoms with Crippen molar-refractivity contribution in [2.45, 2.75) is 38.3 Å². The van der Waals surface area contributed by atoms with E-state index in [2.05, 4.69) is 55.3 Å². The monoisotopic (exact) mass is 400 g/mol. The molecule has 3 nitrogen and oxygen atoms in total. The molecule has 2 heterocycles. The normalized spacial score (nSPS) is 23.3. The number of hydrogen-bond acceptors (Lipinski definition) is 2. The second-order valence-corrected chi connectivity index (χ2v) is 8.62. The van der Waals surface area contributed by atoms with Crippen molar-refractivity contribution in [1.29, 1.82) is 0 Å². The fourth-order valence-electron chi connectivity index (χ4n) is 4.33. The van der Waals surface area contributed by atoms with E-state index in [1.54, 1.807) is 6.07 Å². The van der Waals surface area contributed by atoms with Crippen LogP contribution < -0.4 is 10.2 Å². The number of fused-ring (bicyclic) bond motifs is 3. The third-order valence-corrected chi connectivity index (χ3v) is 6.71. The highest BCUT2D eigenvalue weighted by Gasteiger charge is 2.57. The van der Waals surface area contributed by atoms with Crippen molar-refractivity contribution < 1.29 is 4.79 Å². The number of carbonyl (C=O) groups is 1. The van der Waals surface area contributed by atoms with Crippen LogP contribution in [0.3, 0.4) is 0 Å². The minimum atomic E-state index is -0.649. The maximum atomic E-state index is 12.4. The van der Waals surface area contributed by atoms with Gasteiger partial charge in [0.15, 0.2) is 0 Å². The second kappa shape index (κ2) is 6.29. The number of benzene rings is 2. The fraction of sp³-hybridized carbons (Fsp3) is 0.318. The van der Waals surface area contributed by atoms with Gasteiger partial charge in [-0.05, 0) is 36.3 Å². The highest BCUT2D eigenvalue weighted by Crippen LogP contribution is 2.52. The third kappa shape index (κ3) is 2.67. The molecule has 2 aromatic carbocycles. The van der Waals surface area contributed by atoms with Crippen molar-refractivity contribution in [2.24, 2.45) is 0 Å². The first-order valence-electron chi connectivity index (χ1n) is 9.09. The predicted molar refractivity (Wildman–Crippen MR) is 113 cm³/mol. The standard InChI is InChI=1S/C22H22Cl2N2O/c1-14-7-8-18-16(13-14)21(2,3)22(25-19(27)10-12-26(18)22)11-9-15-5-4-6-17(23)20(15)24/h4-9,11,13H,10,12H2,1-3H3,(H,25,27). The molecule has 0 aliphatic carbocycles. The Morgan fingerprint density at radius 1 is 1.19 bits per heavy atom. The molecular weight excluding hydrogens is 379 g/mol. The first kappa shape index (κ1) is 18.4. The van der Waals surface area contributed by atoms with Crippen LogP contribution in [-0.4, -0.2) is 18.1 Å². The summed E-state index contributed by atoms with van der Waals surface area (Å²) in [5.41, 5.74) is 3.50. The summed E-state index contributed by atoms with van der Waals surface area (Å²) in [7, 11) is 0. The predicted octanol–water partition coefficient (Wildman–Crippen LogP) is 5.33. The zero-order valence-electron chi connectivity index (χ0n) is 15.6. The zero-order chi connectivity index (χ0) is 19.4. The Kier molecular flexibility index (Phi) is 4.28. The molecule has 1 fully saturated rings. The molecule has 2 aromatic rings. The van der Waals surface area contributed by atoms with Crippen LogP contribution in [0.25, 0.3) is 6.08 Å². The van der Waals surface area contributed by atoms with Gasteiger partial charge in [-0.2, -0.15) is 0 Å². The molecule has 0 spiro atoms. The van der Waals surface area contributed by atoms with Gasteiger partial charge in [0.05, 0.1) is 10.0 Å². The molecule has 1 saturated heterocycles. The van der Waals surface area contributed by atoms with Crippen LogP contribution in [0.2, 0.25) is 10.0 Å². The van der Waals surface area contributed by atoms with Gasteiger partial charge in [-0.3, -0.25) is 4.79 Å². The Balaban J connectivity index is 1.88. The lowest BCUT2D eigenvalue weighted by molar-refractivity contribution is -0.124. The summed E-state index contributed by atoms with van der Waals surface area (Å²) in [6, 6.07) is 12.1. The molecule has 0 aromatic heterocycles. The molecule has 0 radical (unpaired) electrons. The smallest absolute Gasteiger partial charge is 0.223 e. The van der Waals surface area contributed by atoms with E-state index < -0.39 is 5.66 Å². The average Bonchev–Trinajstić information content (AvgIpc) is 2.80. The second-order valence-electron chi connectivity index (χ2n) is 7.84. The topological polar surface area (TPSA) is 32.3 Å². The molecule has 1 amide bonds. The number of nitrogens with one attached hydrogen (secondary N) is 1. The van der Waals surface area contributed by atoms with Crippen LogP contribution >= 0.6 is 23.2 Å². The van der Waals surface area contributed by atoms with Crippen LogP contribution in [0.1, 0.15) is 37.0 Å². The van der Waals surface area contributed by atoms with Crippen molar-refractivity contribution in [3.63, 3.8) is 0 Å². The number of anilines is 1. The number of carbonyl (C=O) groups excluding carboxylic acids is 1. The van der Waals surface area contributed by atoms with E-state index in [0.29, 0.717) is 23.0 Å². The van der Waals surface area contributed by atoms with Gasteiger partial charge < -0.3 is 10.2 Å². The van der Waals surface area contributed by atoms with Crippen molar-refractivity contribution in [3.05, 3.63) is 69.2 Å². The van der Waals surface area contributed by atoms with Crippen molar-refractivity contribution in [2.75, 3.05) is 11.4 Å². The minimum absolute atomic E-state index is 0.0608. The number of amides is 1. The zero-order valence-corrected chi connectivity index (χ0v) is 17.2. The number of aryl methyl sites for hydroxylation is 1. The Morgan fingerprint density at radius 3 is 2.74 bits per heavy atom. The maximum absolute atomic E-state index is 12.4. The molecule has 5 heteroatoms. The number of nitrogens with zero attached hydrogens (tertiary/aromatic N) is 1. The summed E-state index contributed by atoms with van der Waals surface area (Å²) in [6.07, 6.45) is 4.52. The summed E-state index contributed by atoms with van der Waals surface area (Å²) in [4.78, 5) is 14.7. The third-order valence-electron chi connectivity index (χ3n) is 5.87. The molecular formula is C22H22Cl2N2O. The largest absolute Gasteiger partial charge is 0.344 e. The van der Waals surface area contributed by atoms with E-state index in [-0.39, 0.29) is 11.3 Å². The fourth-order valence-corrected chi connectivity index (χ4v) is 4.70. The van der Waals surface area contributed by atoms with Crippen LogP contribution in [0.15, 0.2) is 42.5 Å². The van der Waals surface area contributed by atoms with E-state index in [4.69, 9.17) is 23.2 Å². The van der Waals surface area contributed by atoms with Crippen LogP contribution in [0.4, 0.5) is 5.69 Å². The molecule has 1 unspecified atom stereocenters. The van der Waals surface area contributed by atoms with Gasteiger partial charge in [0, 0.05) is 24.1 Å². The molecule has 0 bridgehead atoms. The molecule has 0 saturated carbocycles.